The molecule has 0 saturated heterocycles. The Labute approximate surface area is 126 Å². The first-order valence-electron chi connectivity index (χ1n) is 5.05. The number of hydrogen-bond donors (Lipinski definition) is 3. The van der Waals surface area contributed by atoms with Crippen LogP contribution in [0.3, 0.4) is 0 Å². The maximum absolute atomic E-state index is 12.2. The van der Waals surface area contributed by atoms with Crippen molar-refractivity contribution in [3.8, 4) is 0 Å². The highest BCUT2D eigenvalue weighted by molar-refractivity contribution is 9.11. The third kappa shape index (κ3) is 3.16. The fourth-order valence-corrected chi connectivity index (χ4v) is 3.45. The third-order valence-electron chi connectivity index (χ3n) is 2.29. The Hall–Kier alpha value is -0.900. The van der Waals surface area contributed by atoms with Gasteiger partial charge in [-0.15, -0.1) is 0 Å². The molecule has 9 heteroatoms. The molecule has 1 heterocycles. The van der Waals surface area contributed by atoms with Crippen LogP contribution in [0.5, 0.6) is 0 Å². The molecule has 0 bridgehead atoms. The van der Waals surface area contributed by atoms with Crippen LogP contribution in [0, 0.1) is 0 Å². The lowest BCUT2D eigenvalue weighted by atomic mass is 10.3. The lowest BCUT2D eigenvalue weighted by Crippen LogP contribution is -2.15. The molecule has 0 saturated carbocycles. The van der Waals surface area contributed by atoms with Gasteiger partial charge in [-0.3, -0.25) is 9.82 Å². The zero-order chi connectivity index (χ0) is 14.0. The smallest absolute Gasteiger partial charge is 0.279 e. The van der Waals surface area contributed by atoms with Gasteiger partial charge in [-0.25, -0.2) is 0 Å². The lowest BCUT2D eigenvalue weighted by Gasteiger charge is -2.09. The Kier molecular flexibility index (Phi) is 4.29. The van der Waals surface area contributed by atoms with Crippen molar-refractivity contribution in [3.63, 3.8) is 0 Å². The molecule has 2 aromatic rings. The molecular weight excluding hydrogens is 402 g/mol. The normalized spacial score (nSPS) is 11.5. The predicted octanol–water partition coefficient (Wildman–Crippen LogP) is 2.23. The van der Waals surface area contributed by atoms with Crippen molar-refractivity contribution < 1.29 is 13.5 Å². The maximum atomic E-state index is 12.2. The average molecular weight is 411 g/mol. The van der Waals surface area contributed by atoms with Crippen molar-refractivity contribution in [2.24, 2.45) is 0 Å². The quantitative estimate of drug-likeness (QED) is 0.720. The van der Waals surface area contributed by atoms with Gasteiger partial charge in [0.25, 0.3) is 10.0 Å². The van der Waals surface area contributed by atoms with Crippen LogP contribution in [0.4, 0.5) is 5.69 Å². The topological polar surface area (TPSA) is 95.1 Å². The van der Waals surface area contributed by atoms with E-state index < -0.39 is 16.6 Å². The van der Waals surface area contributed by atoms with E-state index in [1.54, 1.807) is 18.2 Å². The summed E-state index contributed by atoms with van der Waals surface area (Å²) < 4.78 is 28.1. The number of benzene rings is 1. The second-order valence-electron chi connectivity index (χ2n) is 3.61. The molecule has 6 nitrogen and oxygen atoms in total. The summed E-state index contributed by atoms with van der Waals surface area (Å²) in [6, 6.07) is 5.11. The van der Waals surface area contributed by atoms with Crippen LogP contribution in [-0.4, -0.2) is 23.7 Å². The van der Waals surface area contributed by atoms with Crippen molar-refractivity contribution in [2.45, 2.75) is 11.6 Å². The van der Waals surface area contributed by atoms with Crippen LogP contribution in [0.15, 0.2) is 38.4 Å². The molecule has 0 aliphatic heterocycles. The van der Waals surface area contributed by atoms with E-state index in [9.17, 15) is 8.42 Å². The van der Waals surface area contributed by atoms with Crippen LogP contribution in [0.1, 0.15) is 5.56 Å². The highest BCUT2D eigenvalue weighted by atomic mass is 79.9. The number of H-pyrrole nitrogens is 1. The summed E-state index contributed by atoms with van der Waals surface area (Å²) in [5.74, 6) is 0. The summed E-state index contributed by atoms with van der Waals surface area (Å²) in [6.07, 6.45) is 1.27. The predicted molar refractivity (Wildman–Crippen MR) is 77.2 cm³/mol. The second-order valence-corrected chi connectivity index (χ2v) is 7.00. The number of nitrogens with zero attached hydrogens (tertiary/aromatic N) is 1. The van der Waals surface area contributed by atoms with E-state index in [1.165, 1.54) is 6.20 Å². The number of hydrogen-bond acceptors (Lipinski definition) is 4. The zero-order valence-electron chi connectivity index (χ0n) is 9.39. The molecule has 2 rings (SSSR count). The van der Waals surface area contributed by atoms with Crippen LogP contribution in [0.25, 0.3) is 0 Å². The zero-order valence-corrected chi connectivity index (χ0v) is 13.4. The first-order chi connectivity index (χ1) is 8.94. The maximum Gasteiger partial charge on any atom is 0.279 e. The second kappa shape index (κ2) is 5.61. The van der Waals surface area contributed by atoms with E-state index in [0.717, 1.165) is 4.47 Å². The number of sulfonamides is 1. The fraction of sp³-hybridized carbons (Fsp3) is 0.100. The van der Waals surface area contributed by atoms with Crippen molar-refractivity contribution in [2.75, 3.05) is 4.72 Å². The molecular formula is C10H9Br2N3O3S. The number of anilines is 1. The summed E-state index contributed by atoms with van der Waals surface area (Å²) in [4.78, 5) is 0. The number of aromatic nitrogens is 2. The number of halogens is 2. The third-order valence-corrected chi connectivity index (χ3v) is 4.85. The van der Waals surface area contributed by atoms with Crippen LogP contribution < -0.4 is 4.72 Å². The van der Waals surface area contributed by atoms with E-state index in [2.05, 4.69) is 46.8 Å². The Morgan fingerprint density at radius 2 is 2.11 bits per heavy atom. The van der Waals surface area contributed by atoms with Gasteiger partial charge < -0.3 is 5.11 Å². The van der Waals surface area contributed by atoms with Gasteiger partial charge in [-0.1, -0.05) is 15.9 Å². The van der Waals surface area contributed by atoms with Gasteiger partial charge in [-0.2, -0.15) is 13.5 Å². The Morgan fingerprint density at radius 3 is 2.79 bits per heavy atom. The largest absolute Gasteiger partial charge is 0.392 e. The van der Waals surface area contributed by atoms with Crippen molar-refractivity contribution in [3.05, 3.63) is 38.9 Å². The molecule has 0 fully saturated rings. The number of rotatable bonds is 4. The van der Waals surface area contributed by atoms with Gasteiger partial charge in [0.15, 0.2) is 5.03 Å². The van der Waals surface area contributed by atoms with Crippen molar-refractivity contribution >= 4 is 47.6 Å². The molecule has 0 spiro atoms. The summed E-state index contributed by atoms with van der Waals surface area (Å²) in [5, 5.41) is 14.9. The molecule has 0 unspecified atom stereocenters. The first kappa shape index (κ1) is 14.5. The van der Waals surface area contributed by atoms with Gasteiger partial charge in [-0.05, 0) is 34.1 Å². The van der Waals surface area contributed by atoms with Crippen molar-refractivity contribution in [1.82, 2.24) is 10.2 Å². The van der Waals surface area contributed by atoms with Gasteiger partial charge in [0.05, 0.1) is 18.5 Å². The van der Waals surface area contributed by atoms with Crippen LogP contribution in [-0.2, 0) is 16.6 Å². The van der Waals surface area contributed by atoms with E-state index in [-0.39, 0.29) is 10.6 Å². The Balaban J connectivity index is 2.39. The average Bonchev–Trinajstić information content (AvgIpc) is 2.82. The minimum atomic E-state index is -3.83. The highest BCUT2D eigenvalue weighted by Gasteiger charge is 2.21. The molecule has 19 heavy (non-hydrogen) atoms. The summed E-state index contributed by atoms with van der Waals surface area (Å²) in [7, 11) is -3.83. The van der Waals surface area contributed by atoms with Gasteiger partial charge >= 0.3 is 0 Å². The van der Waals surface area contributed by atoms with Gasteiger partial charge in [0.1, 0.15) is 0 Å². The van der Waals surface area contributed by atoms with E-state index in [0.29, 0.717) is 10.2 Å². The fourth-order valence-electron chi connectivity index (χ4n) is 1.42. The SMILES string of the molecule is O=S(=O)(Nc1cc(Br)ccc1Br)c1[nH]ncc1CO. The lowest BCUT2D eigenvalue weighted by molar-refractivity contribution is 0.278. The van der Waals surface area contributed by atoms with Gasteiger partial charge in [0.2, 0.25) is 0 Å². The van der Waals surface area contributed by atoms with Crippen molar-refractivity contribution in [1.29, 1.82) is 0 Å². The summed E-state index contributed by atoms with van der Waals surface area (Å²) in [5.41, 5.74) is 0.589. The molecule has 1 aromatic heterocycles. The van der Waals surface area contributed by atoms with E-state index in [4.69, 9.17) is 5.11 Å². The Bertz CT molecular complexity index is 700. The van der Waals surface area contributed by atoms with E-state index >= 15 is 0 Å². The summed E-state index contributed by atoms with van der Waals surface area (Å²) >= 11 is 6.52. The number of aliphatic hydroxyl groups is 1. The molecule has 0 aliphatic carbocycles. The molecule has 0 atom stereocenters. The van der Waals surface area contributed by atoms with Crippen LogP contribution >= 0.6 is 31.9 Å². The monoisotopic (exact) mass is 409 g/mol. The van der Waals surface area contributed by atoms with Gasteiger partial charge in [0, 0.05) is 14.5 Å². The molecule has 3 N–H and O–H groups in total. The van der Waals surface area contributed by atoms with E-state index in [1.807, 2.05) is 0 Å². The Morgan fingerprint density at radius 1 is 1.37 bits per heavy atom. The van der Waals surface area contributed by atoms with Crippen LogP contribution in [0.2, 0.25) is 0 Å². The molecule has 1 aromatic carbocycles. The molecule has 0 aliphatic rings. The number of nitrogens with one attached hydrogen (secondary N) is 2. The molecule has 0 amide bonds. The minimum Gasteiger partial charge on any atom is -0.392 e. The highest BCUT2D eigenvalue weighted by Crippen LogP contribution is 2.28. The molecule has 102 valence electrons. The number of aromatic amines is 1. The first-order valence-corrected chi connectivity index (χ1v) is 8.12. The standard InChI is InChI=1S/C10H9Br2N3O3S/c11-7-1-2-8(12)9(3-7)15-19(17,18)10-6(5-16)4-13-14-10/h1-4,15-16H,5H2,(H,13,14). The summed E-state index contributed by atoms with van der Waals surface area (Å²) in [6.45, 7) is -0.410. The minimum absolute atomic E-state index is 0.151. The molecule has 0 radical (unpaired) electrons. The number of aliphatic hydroxyl groups excluding tert-OH is 1.